The van der Waals surface area contributed by atoms with Crippen LogP contribution in [0.5, 0.6) is 0 Å². The molecule has 2 aromatic carbocycles. The van der Waals surface area contributed by atoms with Crippen molar-refractivity contribution in [2.45, 2.75) is 26.1 Å². The van der Waals surface area contributed by atoms with Crippen molar-refractivity contribution in [1.29, 1.82) is 0 Å². The predicted octanol–water partition coefficient (Wildman–Crippen LogP) is 3.13. The van der Waals surface area contributed by atoms with Gasteiger partial charge in [-0.15, -0.1) is 0 Å². The zero-order valence-corrected chi connectivity index (χ0v) is 16.4. The first kappa shape index (κ1) is 20.4. The van der Waals surface area contributed by atoms with E-state index in [2.05, 4.69) is 17.0 Å². The molecule has 0 saturated carbocycles. The van der Waals surface area contributed by atoms with E-state index in [0.717, 1.165) is 25.7 Å². The van der Waals surface area contributed by atoms with Crippen LogP contribution in [0.1, 0.15) is 18.1 Å². The highest BCUT2D eigenvalue weighted by Crippen LogP contribution is 2.14. The van der Waals surface area contributed by atoms with Gasteiger partial charge in [0.15, 0.2) is 11.6 Å². The highest BCUT2D eigenvalue weighted by atomic mass is 19.2. The van der Waals surface area contributed by atoms with Crippen molar-refractivity contribution in [2.24, 2.45) is 0 Å². The first-order valence-electron chi connectivity index (χ1n) is 9.63. The maximum Gasteiger partial charge on any atom is 0.239 e. The monoisotopic (exact) mass is 387 g/mol. The summed E-state index contributed by atoms with van der Waals surface area (Å²) in [7, 11) is 1.83. The van der Waals surface area contributed by atoms with Gasteiger partial charge in [-0.05, 0) is 37.2 Å². The normalized spacial score (nSPS) is 16.4. The fourth-order valence-electron chi connectivity index (χ4n) is 3.48. The molecular formula is C22H27F2N3O. The van der Waals surface area contributed by atoms with E-state index >= 15 is 0 Å². The van der Waals surface area contributed by atoms with Crippen LogP contribution in [0.2, 0.25) is 0 Å². The van der Waals surface area contributed by atoms with E-state index in [1.807, 2.05) is 42.0 Å². The molecule has 1 amide bonds. The number of piperazine rings is 1. The lowest BCUT2D eigenvalue weighted by Gasteiger charge is -2.37. The van der Waals surface area contributed by atoms with E-state index in [1.54, 1.807) is 6.07 Å². The summed E-state index contributed by atoms with van der Waals surface area (Å²) in [5.41, 5.74) is 1.93. The molecule has 1 aliphatic heterocycles. The summed E-state index contributed by atoms with van der Waals surface area (Å²) in [4.78, 5) is 19.0. The Hall–Kier alpha value is -2.31. The molecule has 0 radical (unpaired) electrons. The zero-order chi connectivity index (χ0) is 20.1. The first-order chi connectivity index (χ1) is 13.4. The highest BCUT2D eigenvalue weighted by Gasteiger charge is 2.27. The smallest absolute Gasteiger partial charge is 0.239 e. The van der Waals surface area contributed by atoms with E-state index < -0.39 is 11.6 Å². The van der Waals surface area contributed by atoms with Gasteiger partial charge in [0, 0.05) is 39.3 Å². The number of rotatable bonds is 6. The lowest BCUT2D eigenvalue weighted by atomic mass is 10.1. The van der Waals surface area contributed by atoms with Crippen LogP contribution in [0.3, 0.4) is 0 Å². The van der Waals surface area contributed by atoms with E-state index in [0.29, 0.717) is 25.2 Å². The van der Waals surface area contributed by atoms with Gasteiger partial charge in [-0.25, -0.2) is 8.78 Å². The fraction of sp³-hybridized carbons (Fsp3) is 0.409. The van der Waals surface area contributed by atoms with Crippen molar-refractivity contribution in [3.63, 3.8) is 0 Å². The zero-order valence-electron chi connectivity index (χ0n) is 16.4. The summed E-state index contributed by atoms with van der Waals surface area (Å²) < 4.78 is 26.5. The molecule has 4 nitrogen and oxygen atoms in total. The molecule has 0 N–H and O–H groups in total. The van der Waals surface area contributed by atoms with Crippen LogP contribution in [0.4, 0.5) is 8.78 Å². The Labute approximate surface area is 165 Å². The average molecular weight is 387 g/mol. The number of hydrogen-bond acceptors (Lipinski definition) is 3. The third-order valence-electron chi connectivity index (χ3n) is 5.37. The second-order valence-electron chi connectivity index (χ2n) is 7.43. The fourth-order valence-corrected chi connectivity index (χ4v) is 3.48. The maximum atomic E-state index is 13.4. The standard InChI is InChI=1S/C22H27F2N3O/c1-17(25(2)15-19-8-9-20(23)21(24)14-19)22(28)27-12-10-26(11-13-27)16-18-6-4-3-5-7-18/h3-9,14,17H,10-13,15-16H2,1-2H3. The topological polar surface area (TPSA) is 26.8 Å². The Morgan fingerprint density at radius 1 is 1.00 bits per heavy atom. The number of hydrogen-bond donors (Lipinski definition) is 0. The minimum atomic E-state index is -0.862. The summed E-state index contributed by atoms with van der Waals surface area (Å²) in [6.45, 7) is 6.25. The Bertz CT molecular complexity index is 792. The molecule has 150 valence electrons. The van der Waals surface area contributed by atoms with Gasteiger partial charge in [0.2, 0.25) is 5.91 Å². The molecule has 0 bridgehead atoms. The number of halogens is 2. The van der Waals surface area contributed by atoms with Gasteiger partial charge in [-0.2, -0.15) is 0 Å². The van der Waals surface area contributed by atoms with Gasteiger partial charge < -0.3 is 4.90 Å². The molecule has 0 spiro atoms. The van der Waals surface area contributed by atoms with Crippen LogP contribution in [-0.4, -0.2) is 59.9 Å². The number of benzene rings is 2. The van der Waals surface area contributed by atoms with Gasteiger partial charge in [-0.1, -0.05) is 36.4 Å². The number of likely N-dealkylation sites (N-methyl/N-ethyl adjacent to an activating group) is 1. The van der Waals surface area contributed by atoms with Crippen LogP contribution in [-0.2, 0) is 17.9 Å². The average Bonchev–Trinajstić information content (AvgIpc) is 2.71. The lowest BCUT2D eigenvalue weighted by Crippen LogP contribution is -2.53. The number of nitrogens with zero attached hydrogens (tertiary/aromatic N) is 3. The van der Waals surface area contributed by atoms with Crippen molar-refractivity contribution >= 4 is 5.91 Å². The molecule has 6 heteroatoms. The highest BCUT2D eigenvalue weighted by molar-refractivity contribution is 5.81. The van der Waals surface area contributed by atoms with E-state index in [9.17, 15) is 13.6 Å². The van der Waals surface area contributed by atoms with Gasteiger partial charge in [0.25, 0.3) is 0 Å². The van der Waals surface area contributed by atoms with Crippen LogP contribution in [0.15, 0.2) is 48.5 Å². The van der Waals surface area contributed by atoms with Crippen molar-refractivity contribution in [2.75, 3.05) is 33.2 Å². The third-order valence-corrected chi connectivity index (χ3v) is 5.37. The second-order valence-corrected chi connectivity index (χ2v) is 7.43. The maximum absolute atomic E-state index is 13.4. The van der Waals surface area contributed by atoms with E-state index in [4.69, 9.17) is 0 Å². The molecule has 1 unspecified atom stereocenters. The van der Waals surface area contributed by atoms with Crippen molar-refractivity contribution in [3.8, 4) is 0 Å². The molecule has 1 aliphatic rings. The van der Waals surface area contributed by atoms with Gasteiger partial charge in [0.05, 0.1) is 6.04 Å². The summed E-state index contributed by atoms with van der Waals surface area (Å²) in [5, 5.41) is 0. The molecule has 1 heterocycles. The van der Waals surface area contributed by atoms with Crippen LogP contribution >= 0.6 is 0 Å². The molecule has 2 aromatic rings. The summed E-state index contributed by atoms with van der Waals surface area (Å²) in [6.07, 6.45) is 0. The van der Waals surface area contributed by atoms with E-state index in [1.165, 1.54) is 11.6 Å². The largest absolute Gasteiger partial charge is 0.339 e. The van der Waals surface area contributed by atoms with Gasteiger partial charge in [-0.3, -0.25) is 14.6 Å². The van der Waals surface area contributed by atoms with Crippen LogP contribution in [0, 0.1) is 11.6 Å². The van der Waals surface area contributed by atoms with Gasteiger partial charge >= 0.3 is 0 Å². The SMILES string of the molecule is CC(C(=O)N1CCN(Cc2ccccc2)CC1)N(C)Cc1ccc(F)c(F)c1. The Morgan fingerprint density at radius 3 is 2.32 bits per heavy atom. The Balaban J connectivity index is 1.50. The van der Waals surface area contributed by atoms with Crippen LogP contribution in [0.25, 0.3) is 0 Å². The molecule has 1 atom stereocenters. The van der Waals surface area contributed by atoms with Crippen molar-refractivity contribution in [3.05, 3.63) is 71.3 Å². The second kappa shape index (κ2) is 9.26. The summed E-state index contributed by atoms with van der Waals surface area (Å²) in [6, 6.07) is 13.9. The molecule has 3 rings (SSSR count). The van der Waals surface area contributed by atoms with E-state index in [-0.39, 0.29) is 11.9 Å². The quantitative estimate of drug-likeness (QED) is 0.762. The molecule has 1 fully saturated rings. The van der Waals surface area contributed by atoms with Crippen LogP contribution < -0.4 is 0 Å². The summed E-state index contributed by atoms with van der Waals surface area (Å²) >= 11 is 0. The molecule has 0 aliphatic carbocycles. The van der Waals surface area contributed by atoms with Gasteiger partial charge in [0.1, 0.15) is 0 Å². The minimum absolute atomic E-state index is 0.0736. The van der Waals surface area contributed by atoms with Crippen molar-refractivity contribution < 1.29 is 13.6 Å². The first-order valence-corrected chi connectivity index (χ1v) is 9.63. The molecule has 28 heavy (non-hydrogen) atoms. The molecule has 0 aromatic heterocycles. The minimum Gasteiger partial charge on any atom is -0.339 e. The number of amides is 1. The van der Waals surface area contributed by atoms with Crippen molar-refractivity contribution in [1.82, 2.24) is 14.7 Å². The predicted molar refractivity (Wildman–Crippen MR) is 106 cm³/mol. The molecule has 1 saturated heterocycles. The Kier molecular flexibility index (Phi) is 6.75. The lowest BCUT2D eigenvalue weighted by molar-refractivity contribution is -0.138. The molecular weight excluding hydrogens is 360 g/mol. The number of carbonyl (C=O) groups excluding carboxylic acids is 1. The summed E-state index contributed by atoms with van der Waals surface area (Å²) in [5.74, 6) is -1.65. The Morgan fingerprint density at radius 2 is 1.68 bits per heavy atom. The third kappa shape index (κ3) is 5.14. The number of carbonyl (C=O) groups is 1.